The maximum atomic E-state index is 5.91. The lowest BCUT2D eigenvalue weighted by molar-refractivity contribution is 0.347. The van der Waals surface area contributed by atoms with Gasteiger partial charge in [0.15, 0.2) is 0 Å². The Balaban J connectivity index is 2.12. The maximum absolute atomic E-state index is 5.91. The van der Waals surface area contributed by atoms with E-state index >= 15 is 0 Å². The van der Waals surface area contributed by atoms with Crippen LogP contribution >= 0.6 is 0 Å². The van der Waals surface area contributed by atoms with Gasteiger partial charge in [0.05, 0.1) is 11.7 Å². The molecule has 0 aromatic carbocycles. The van der Waals surface area contributed by atoms with Gasteiger partial charge in [-0.15, -0.1) is 5.10 Å². The van der Waals surface area contributed by atoms with E-state index in [0.29, 0.717) is 24.0 Å². The SMILES string of the molecule is Cc1ccc(-c2noc([C@H](N)CCCN)n2)nn1. The summed E-state index contributed by atoms with van der Waals surface area (Å²) in [4.78, 5) is 4.22. The molecule has 7 nitrogen and oxygen atoms in total. The van der Waals surface area contributed by atoms with Gasteiger partial charge in [0.2, 0.25) is 11.7 Å². The second-order valence-corrected chi connectivity index (χ2v) is 4.05. The van der Waals surface area contributed by atoms with Crippen LogP contribution in [-0.2, 0) is 0 Å². The first-order valence-corrected chi connectivity index (χ1v) is 5.80. The van der Waals surface area contributed by atoms with Crippen LogP contribution in [0.25, 0.3) is 11.5 Å². The minimum atomic E-state index is -0.284. The van der Waals surface area contributed by atoms with Crippen LogP contribution in [0.2, 0.25) is 0 Å². The van der Waals surface area contributed by atoms with Gasteiger partial charge in [0, 0.05) is 0 Å². The lowest BCUT2D eigenvalue weighted by atomic mass is 10.2. The smallest absolute Gasteiger partial charge is 0.243 e. The minimum Gasteiger partial charge on any atom is -0.337 e. The molecule has 7 heteroatoms. The fourth-order valence-corrected chi connectivity index (χ4v) is 1.47. The molecule has 0 spiro atoms. The lowest BCUT2D eigenvalue weighted by Crippen LogP contribution is -2.12. The Labute approximate surface area is 105 Å². The molecule has 96 valence electrons. The van der Waals surface area contributed by atoms with Crippen molar-refractivity contribution in [3.05, 3.63) is 23.7 Å². The summed E-state index contributed by atoms with van der Waals surface area (Å²) in [7, 11) is 0. The van der Waals surface area contributed by atoms with Crippen LogP contribution in [0.4, 0.5) is 0 Å². The normalized spacial score (nSPS) is 12.6. The Kier molecular flexibility index (Phi) is 3.96. The number of hydrogen-bond acceptors (Lipinski definition) is 7. The molecule has 0 radical (unpaired) electrons. The molecule has 0 saturated carbocycles. The molecule has 4 N–H and O–H groups in total. The summed E-state index contributed by atoms with van der Waals surface area (Å²) in [6, 6.07) is 3.35. The number of aryl methyl sites for hydroxylation is 1. The monoisotopic (exact) mass is 248 g/mol. The fourth-order valence-electron chi connectivity index (χ4n) is 1.47. The van der Waals surface area contributed by atoms with E-state index in [4.69, 9.17) is 16.0 Å². The van der Waals surface area contributed by atoms with Crippen molar-refractivity contribution in [2.24, 2.45) is 11.5 Å². The Bertz CT molecular complexity index is 494. The molecule has 1 atom stereocenters. The third-order valence-electron chi connectivity index (χ3n) is 2.51. The Morgan fingerprint density at radius 1 is 1.33 bits per heavy atom. The number of nitrogens with two attached hydrogens (primary N) is 2. The first-order chi connectivity index (χ1) is 8.70. The number of aromatic nitrogens is 4. The topological polar surface area (TPSA) is 117 Å². The van der Waals surface area contributed by atoms with Gasteiger partial charge >= 0.3 is 0 Å². The molecule has 0 amide bonds. The van der Waals surface area contributed by atoms with Gasteiger partial charge in [-0.25, -0.2) is 0 Å². The first-order valence-electron chi connectivity index (χ1n) is 5.80. The van der Waals surface area contributed by atoms with E-state index in [1.54, 1.807) is 6.07 Å². The largest absolute Gasteiger partial charge is 0.337 e. The van der Waals surface area contributed by atoms with Crippen molar-refractivity contribution in [1.29, 1.82) is 0 Å². The van der Waals surface area contributed by atoms with Crippen molar-refractivity contribution in [1.82, 2.24) is 20.3 Å². The van der Waals surface area contributed by atoms with Crippen molar-refractivity contribution >= 4 is 0 Å². The number of nitrogens with zero attached hydrogens (tertiary/aromatic N) is 4. The summed E-state index contributed by atoms with van der Waals surface area (Å²) in [6.07, 6.45) is 1.54. The zero-order valence-electron chi connectivity index (χ0n) is 10.2. The quantitative estimate of drug-likeness (QED) is 0.794. The van der Waals surface area contributed by atoms with Gasteiger partial charge in [0.1, 0.15) is 5.69 Å². The first kappa shape index (κ1) is 12.6. The molecule has 2 aromatic rings. The van der Waals surface area contributed by atoms with Crippen LogP contribution in [0.15, 0.2) is 16.7 Å². The molecule has 0 aliphatic rings. The molecule has 0 bridgehead atoms. The molecule has 0 aliphatic heterocycles. The van der Waals surface area contributed by atoms with E-state index in [-0.39, 0.29) is 6.04 Å². The molecule has 2 rings (SSSR count). The highest BCUT2D eigenvalue weighted by atomic mass is 16.5. The molecular weight excluding hydrogens is 232 g/mol. The second kappa shape index (κ2) is 5.65. The van der Waals surface area contributed by atoms with E-state index < -0.39 is 0 Å². The average molecular weight is 248 g/mol. The molecule has 0 unspecified atom stereocenters. The van der Waals surface area contributed by atoms with Crippen LogP contribution in [0, 0.1) is 6.92 Å². The Hall–Kier alpha value is -1.86. The van der Waals surface area contributed by atoms with Gasteiger partial charge in [0.25, 0.3) is 0 Å². The van der Waals surface area contributed by atoms with E-state index in [0.717, 1.165) is 18.5 Å². The van der Waals surface area contributed by atoms with E-state index in [9.17, 15) is 0 Å². The molecule has 2 heterocycles. The predicted octanol–water partition coefficient (Wildman–Crippen LogP) is 0.574. The van der Waals surface area contributed by atoms with Crippen LogP contribution in [-0.4, -0.2) is 26.9 Å². The highest BCUT2D eigenvalue weighted by Gasteiger charge is 2.16. The highest BCUT2D eigenvalue weighted by molar-refractivity contribution is 5.46. The highest BCUT2D eigenvalue weighted by Crippen LogP contribution is 2.17. The van der Waals surface area contributed by atoms with E-state index in [1.165, 1.54) is 0 Å². The van der Waals surface area contributed by atoms with Gasteiger partial charge in [-0.2, -0.15) is 10.1 Å². The van der Waals surface area contributed by atoms with Crippen molar-refractivity contribution in [3.8, 4) is 11.5 Å². The van der Waals surface area contributed by atoms with Crippen LogP contribution < -0.4 is 11.5 Å². The number of hydrogen-bond donors (Lipinski definition) is 2. The standard InChI is InChI=1S/C11H16N6O/c1-7-4-5-9(16-15-7)10-14-11(18-17-10)8(13)3-2-6-12/h4-5,8H,2-3,6,12-13H2,1H3/t8-/m1/s1. The summed E-state index contributed by atoms with van der Waals surface area (Å²) in [5.41, 5.74) is 12.7. The Morgan fingerprint density at radius 3 is 2.83 bits per heavy atom. The third kappa shape index (κ3) is 2.88. The van der Waals surface area contributed by atoms with E-state index in [1.807, 2.05) is 13.0 Å². The number of rotatable bonds is 5. The third-order valence-corrected chi connectivity index (χ3v) is 2.51. The summed E-state index contributed by atoms with van der Waals surface area (Å²) >= 11 is 0. The van der Waals surface area contributed by atoms with Crippen molar-refractivity contribution in [2.75, 3.05) is 6.54 Å². The predicted molar refractivity (Wildman–Crippen MR) is 65.3 cm³/mol. The average Bonchev–Trinajstić information content (AvgIpc) is 2.86. The van der Waals surface area contributed by atoms with Crippen molar-refractivity contribution in [3.63, 3.8) is 0 Å². The summed E-state index contributed by atoms with van der Waals surface area (Å²) in [5, 5.41) is 11.8. The second-order valence-electron chi connectivity index (χ2n) is 4.05. The summed E-state index contributed by atoms with van der Waals surface area (Å²) < 4.78 is 5.11. The lowest BCUT2D eigenvalue weighted by Gasteiger charge is -2.03. The van der Waals surface area contributed by atoms with Crippen molar-refractivity contribution in [2.45, 2.75) is 25.8 Å². The molecule has 18 heavy (non-hydrogen) atoms. The molecule has 2 aromatic heterocycles. The van der Waals surface area contributed by atoms with Gasteiger partial charge in [-0.05, 0) is 38.4 Å². The molecule has 0 saturated heterocycles. The molecule has 0 fully saturated rings. The molecule has 0 aliphatic carbocycles. The summed E-state index contributed by atoms with van der Waals surface area (Å²) in [5.74, 6) is 0.807. The Morgan fingerprint density at radius 2 is 2.17 bits per heavy atom. The van der Waals surface area contributed by atoms with Crippen LogP contribution in [0.1, 0.15) is 30.5 Å². The zero-order chi connectivity index (χ0) is 13.0. The van der Waals surface area contributed by atoms with Crippen LogP contribution in [0.3, 0.4) is 0 Å². The van der Waals surface area contributed by atoms with Gasteiger partial charge in [-0.1, -0.05) is 5.16 Å². The van der Waals surface area contributed by atoms with Gasteiger partial charge in [-0.3, -0.25) is 0 Å². The fraction of sp³-hybridized carbons (Fsp3) is 0.455. The van der Waals surface area contributed by atoms with Gasteiger partial charge < -0.3 is 16.0 Å². The minimum absolute atomic E-state index is 0.284. The maximum Gasteiger partial charge on any atom is 0.243 e. The summed E-state index contributed by atoms with van der Waals surface area (Å²) in [6.45, 7) is 2.46. The van der Waals surface area contributed by atoms with Crippen molar-refractivity contribution < 1.29 is 4.52 Å². The molecular formula is C11H16N6O. The zero-order valence-corrected chi connectivity index (χ0v) is 10.2. The van der Waals surface area contributed by atoms with Crippen LogP contribution in [0.5, 0.6) is 0 Å². The van der Waals surface area contributed by atoms with E-state index in [2.05, 4.69) is 20.3 Å².